The summed E-state index contributed by atoms with van der Waals surface area (Å²) >= 11 is 1.69. The third-order valence-electron chi connectivity index (χ3n) is 5.11. The summed E-state index contributed by atoms with van der Waals surface area (Å²) in [4.78, 5) is 19.6. The molecule has 1 fully saturated rings. The lowest BCUT2D eigenvalue weighted by Crippen LogP contribution is -2.34. The van der Waals surface area contributed by atoms with Gasteiger partial charge in [-0.25, -0.2) is 9.78 Å². The third-order valence-corrected chi connectivity index (χ3v) is 6.25. The highest BCUT2D eigenvalue weighted by molar-refractivity contribution is 7.18. The van der Waals surface area contributed by atoms with Crippen molar-refractivity contribution in [3.63, 3.8) is 0 Å². The normalized spacial score (nSPS) is 16.9. The zero-order valence-corrected chi connectivity index (χ0v) is 15.6. The second-order valence-electron chi connectivity index (χ2n) is 6.86. The predicted octanol–water partition coefficient (Wildman–Crippen LogP) is 5.82. The van der Waals surface area contributed by atoms with Crippen LogP contribution in [0.5, 0.6) is 0 Å². The summed E-state index contributed by atoms with van der Waals surface area (Å²) in [5.74, 6) is 0. The first kappa shape index (κ1) is 16.3. The molecule has 4 aromatic rings. The second-order valence-corrected chi connectivity index (χ2v) is 7.93. The fraction of sp³-hybridized carbons (Fsp3) is 0.182. The molecule has 4 nitrogen and oxygen atoms in total. The van der Waals surface area contributed by atoms with Crippen LogP contribution in [0.4, 0.5) is 10.5 Å². The number of amides is 2. The Kier molecular flexibility index (Phi) is 4.02. The molecule has 0 aliphatic carbocycles. The van der Waals surface area contributed by atoms with Crippen LogP contribution < -0.4 is 5.32 Å². The average molecular weight is 373 g/mol. The lowest BCUT2D eigenvalue weighted by atomic mass is 10.1. The van der Waals surface area contributed by atoms with Crippen molar-refractivity contribution in [2.75, 3.05) is 11.9 Å². The molecular formula is C22H19N3OS. The van der Waals surface area contributed by atoms with Crippen molar-refractivity contribution in [1.29, 1.82) is 0 Å². The Morgan fingerprint density at radius 1 is 1.04 bits per heavy atom. The van der Waals surface area contributed by atoms with Crippen molar-refractivity contribution in [1.82, 2.24) is 9.88 Å². The van der Waals surface area contributed by atoms with Crippen LogP contribution in [-0.2, 0) is 0 Å². The van der Waals surface area contributed by atoms with Crippen LogP contribution in [0.3, 0.4) is 0 Å². The SMILES string of the molecule is O=C(Nc1ccc2ccccc2c1)N1CCCC1c1nc2ccccc2s1. The topological polar surface area (TPSA) is 45.2 Å². The van der Waals surface area contributed by atoms with E-state index in [2.05, 4.69) is 23.5 Å². The number of nitrogens with zero attached hydrogens (tertiary/aromatic N) is 2. The molecule has 0 radical (unpaired) electrons. The lowest BCUT2D eigenvalue weighted by Gasteiger charge is -2.23. The molecule has 1 aliphatic heterocycles. The minimum atomic E-state index is -0.0490. The third kappa shape index (κ3) is 3.04. The van der Waals surface area contributed by atoms with E-state index in [1.54, 1.807) is 11.3 Å². The monoisotopic (exact) mass is 373 g/mol. The summed E-state index contributed by atoms with van der Waals surface area (Å²) in [6, 6.07) is 22.4. The van der Waals surface area contributed by atoms with Gasteiger partial charge >= 0.3 is 6.03 Å². The van der Waals surface area contributed by atoms with E-state index in [9.17, 15) is 4.79 Å². The molecule has 1 atom stereocenters. The largest absolute Gasteiger partial charge is 0.322 e. The molecule has 1 saturated heterocycles. The van der Waals surface area contributed by atoms with E-state index in [1.165, 1.54) is 10.1 Å². The number of aromatic nitrogens is 1. The number of fused-ring (bicyclic) bond motifs is 2. The van der Waals surface area contributed by atoms with Crippen molar-refractivity contribution in [3.8, 4) is 0 Å². The van der Waals surface area contributed by atoms with Crippen molar-refractivity contribution in [3.05, 3.63) is 71.7 Å². The maximum atomic E-state index is 12.9. The number of para-hydroxylation sites is 1. The minimum Gasteiger partial charge on any atom is -0.315 e. The van der Waals surface area contributed by atoms with Crippen molar-refractivity contribution >= 4 is 44.0 Å². The standard InChI is InChI=1S/C22H19N3OS/c26-22(23-17-12-11-15-6-1-2-7-16(15)14-17)25-13-5-9-19(25)21-24-18-8-3-4-10-20(18)27-21/h1-4,6-8,10-12,14,19H,5,9,13H2,(H,23,26). The van der Waals surface area contributed by atoms with E-state index < -0.39 is 0 Å². The van der Waals surface area contributed by atoms with Crippen molar-refractivity contribution in [2.45, 2.75) is 18.9 Å². The molecule has 1 N–H and O–H groups in total. The number of rotatable bonds is 2. The Bertz CT molecular complexity index is 1100. The fourth-order valence-corrected chi connectivity index (χ4v) is 4.88. The Hall–Kier alpha value is -2.92. The second kappa shape index (κ2) is 6.67. The molecule has 134 valence electrons. The van der Waals surface area contributed by atoms with Crippen molar-refractivity contribution in [2.24, 2.45) is 0 Å². The van der Waals surface area contributed by atoms with Gasteiger partial charge in [-0.2, -0.15) is 0 Å². The number of hydrogen-bond donors (Lipinski definition) is 1. The zero-order chi connectivity index (χ0) is 18.2. The Morgan fingerprint density at radius 2 is 1.85 bits per heavy atom. The molecule has 1 aliphatic rings. The van der Waals surface area contributed by atoms with Gasteiger partial charge in [0.25, 0.3) is 0 Å². The highest BCUT2D eigenvalue weighted by Crippen LogP contribution is 2.36. The number of thiazole rings is 1. The van der Waals surface area contributed by atoms with Gasteiger partial charge in [0.2, 0.25) is 0 Å². The van der Waals surface area contributed by atoms with Gasteiger partial charge in [0.15, 0.2) is 0 Å². The Labute approximate surface area is 161 Å². The van der Waals surface area contributed by atoms with Crippen LogP contribution >= 0.6 is 11.3 Å². The van der Waals surface area contributed by atoms with Gasteiger partial charge in [-0.15, -0.1) is 11.3 Å². The van der Waals surface area contributed by atoms with E-state index >= 15 is 0 Å². The van der Waals surface area contributed by atoms with Gasteiger partial charge in [-0.1, -0.05) is 42.5 Å². The van der Waals surface area contributed by atoms with Crippen LogP contribution in [0, 0.1) is 0 Å². The number of carbonyl (C=O) groups excluding carboxylic acids is 1. The number of anilines is 1. The van der Waals surface area contributed by atoms with E-state index in [4.69, 9.17) is 4.98 Å². The Balaban J connectivity index is 1.39. The molecule has 0 bridgehead atoms. The first-order valence-corrected chi connectivity index (χ1v) is 10.0. The summed E-state index contributed by atoms with van der Waals surface area (Å²) in [5.41, 5.74) is 1.84. The molecule has 2 heterocycles. The first-order chi connectivity index (χ1) is 13.3. The molecule has 2 amide bonds. The fourth-order valence-electron chi connectivity index (χ4n) is 3.76. The van der Waals surface area contributed by atoms with Gasteiger partial charge in [0, 0.05) is 12.2 Å². The van der Waals surface area contributed by atoms with Crippen molar-refractivity contribution < 1.29 is 4.79 Å². The molecule has 0 spiro atoms. The molecule has 0 saturated carbocycles. The lowest BCUT2D eigenvalue weighted by molar-refractivity contribution is 0.207. The average Bonchev–Trinajstić information content (AvgIpc) is 3.34. The van der Waals surface area contributed by atoms with Crippen LogP contribution in [0.2, 0.25) is 0 Å². The number of urea groups is 1. The first-order valence-electron chi connectivity index (χ1n) is 9.20. The van der Waals surface area contributed by atoms with Crippen LogP contribution in [0.25, 0.3) is 21.0 Å². The van der Waals surface area contributed by atoms with E-state index in [0.717, 1.165) is 41.0 Å². The van der Waals surface area contributed by atoms with Crippen LogP contribution in [0.15, 0.2) is 66.7 Å². The van der Waals surface area contributed by atoms with E-state index in [1.807, 2.05) is 53.4 Å². The quantitative estimate of drug-likeness (QED) is 0.481. The number of nitrogens with one attached hydrogen (secondary N) is 1. The minimum absolute atomic E-state index is 0.0490. The summed E-state index contributed by atoms with van der Waals surface area (Å²) < 4.78 is 1.18. The molecule has 1 unspecified atom stereocenters. The summed E-state index contributed by atoms with van der Waals surface area (Å²) in [7, 11) is 0. The van der Waals surface area contributed by atoms with Gasteiger partial charge < -0.3 is 10.2 Å². The highest BCUT2D eigenvalue weighted by atomic mass is 32.1. The number of benzene rings is 3. The summed E-state index contributed by atoms with van der Waals surface area (Å²) in [6.07, 6.45) is 1.97. The summed E-state index contributed by atoms with van der Waals surface area (Å²) in [5, 5.41) is 6.40. The maximum absolute atomic E-state index is 12.9. The van der Waals surface area contributed by atoms with E-state index in [0.29, 0.717) is 0 Å². The van der Waals surface area contributed by atoms with Gasteiger partial charge in [-0.05, 0) is 47.9 Å². The van der Waals surface area contributed by atoms with Gasteiger partial charge in [0.1, 0.15) is 5.01 Å². The van der Waals surface area contributed by atoms with Crippen LogP contribution in [-0.4, -0.2) is 22.5 Å². The molecule has 5 rings (SSSR count). The number of hydrogen-bond acceptors (Lipinski definition) is 3. The molecule has 1 aromatic heterocycles. The molecular weight excluding hydrogens is 354 g/mol. The Morgan fingerprint density at radius 3 is 2.74 bits per heavy atom. The van der Waals surface area contributed by atoms with E-state index in [-0.39, 0.29) is 12.1 Å². The highest BCUT2D eigenvalue weighted by Gasteiger charge is 2.32. The molecule has 5 heteroatoms. The van der Waals surface area contributed by atoms with Gasteiger partial charge in [-0.3, -0.25) is 0 Å². The summed E-state index contributed by atoms with van der Waals surface area (Å²) in [6.45, 7) is 0.764. The zero-order valence-electron chi connectivity index (χ0n) is 14.8. The van der Waals surface area contributed by atoms with Crippen LogP contribution in [0.1, 0.15) is 23.9 Å². The smallest absolute Gasteiger partial charge is 0.315 e. The maximum Gasteiger partial charge on any atom is 0.322 e. The molecule has 27 heavy (non-hydrogen) atoms. The molecule has 3 aromatic carbocycles. The predicted molar refractivity (Wildman–Crippen MR) is 111 cm³/mol. The number of likely N-dealkylation sites (tertiary alicyclic amines) is 1. The number of carbonyl (C=O) groups is 1. The van der Waals surface area contributed by atoms with Gasteiger partial charge in [0.05, 0.1) is 16.3 Å².